The lowest BCUT2D eigenvalue weighted by molar-refractivity contribution is -0.134. The minimum absolute atomic E-state index is 0.172. The molecule has 1 amide bonds. The molecule has 0 radical (unpaired) electrons. The van der Waals surface area contributed by atoms with Crippen molar-refractivity contribution in [1.29, 1.82) is 0 Å². The van der Waals surface area contributed by atoms with Crippen LogP contribution in [0.3, 0.4) is 0 Å². The highest BCUT2D eigenvalue weighted by Crippen LogP contribution is 2.28. The lowest BCUT2D eigenvalue weighted by atomic mass is 9.98. The summed E-state index contributed by atoms with van der Waals surface area (Å²) in [4.78, 5) is 14.3. The van der Waals surface area contributed by atoms with E-state index < -0.39 is 0 Å². The van der Waals surface area contributed by atoms with Crippen LogP contribution in [0.4, 0.5) is 0 Å². The lowest BCUT2D eigenvalue weighted by Gasteiger charge is -2.28. The maximum atomic E-state index is 12.2. The van der Waals surface area contributed by atoms with Crippen molar-refractivity contribution < 1.29 is 4.79 Å². The highest BCUT2D eigenvalue weighted by molar-refractivity contribution is 5.82. The van der Waals surface area contributed by atoms with E-state index in [1.165, 1.54) is 12.8 Å². The number of carbonyl (C=O) groups is 1. The quantitative estimate of drug-likeness (QED) is 0.723. The Morgan fingerprint density at radius 2 is 2.06 bits per heavy atom. The normalized spacial score (nSPS) is 19.2. The molecule has 0 aliphatic heterocycles. The van der Waals surface area contributed by atoms with Crippen LogP contribution in [0.25, 0.3) is 0 Å². The van der Waals surface area contributed by atoms with Crippen LogP contribution < -0.4 is 5.73 Å². The van der Waals surface area contributed by atoms with E-state index in [4.69, 9.17) is 5.73 Å². The third-order valence-electron chi connectivity index (χ3n) is 3.57. The zero-order valence-corrected chi connectivity index (χ0v) is 10.9. The minimum atomic E-state index is -0.303. The van der Waals surface area contributed by atoms with Crippen LogP contribution in [0, 0.1) is 5.92 Å². The number of carbonyl (C=O) groups excluding carboxylic acids is 1. The Balaban J connectivity index is 2.52. The van der Waals surface area contributed by atoms with Gasteiger partial charge in [-0.05, 0) is 25.2 Å². The zero-order chi connectivity index (χ0) is 12.1. The van der Waals surface area contributed by atoms with Crippen molar-refractivity contribution in [2.24, 2.45) is 11.7 Å². The fraction of sp³-hybridized carbons (Fsp3) is 0.923. The number of amides is 1. The monoisotopic (exact) mass is 226 g/mol. The first-order valence-electron chi connectivity index (χ1n) is 6.67. The second kappa shape index (κ2) is 6.24. The molecule has 0 aromatic carbocycles. The molecule has 1 saturated carbocycles. The molecule has 2 atom stereocenters. The van der Waals surface area contributed by atoms with Crippen molar-refractivity contribution in [2.45, 2.75) is 65.0 Å². The Kier molecular flexibility index (Phi) is 5.26. The summed E-state index contributed by atoms with van der Waals surface area (Å²) in [5, 5.41) is 0. The smallest absolute Gasteiger partial charge is 0.240 e. The van der Waals surface area contributed by atoms with Crippen molar-refractivity contribution in [3.05, 3.63) is 0 Å². The Hall–Kier alpha value is -0.570. The summed E-state index contributed by atoms with van der Waals surface area (Å²) < 4.78 is 0. The van der Waals surface area contributed by atoms with E-state index >= 15 is 0 Å². The molecule has 2 N–H and O–H groups in total. The average Bonchev–Trinajstić information content (AvgIpc) is 3.11. The van der Waals surface area contributed by atoms with E-state index in [1.54, 1.807) is 0 Å². The summed E-state index contributed by atoms with van der Waals surface area (Å²) in [6.45, 7) is 7.20. The van der Waals surface area contributed by atoms with Gasteiger partial charge in [-0.25, -0.2) is 0 Å². The van der Waals surface area contributed by atoms with Crippen LogP contribution in [-0.2, 0) is 4.79 Å². The zero-order valence-electron chi connectivity index (χ0n) is 10.9. The molecular formula is C13H26N2O. The van der Waals surface area contributed by atoms with Crippen molar-refractivity contribution in [3.8, 4) is 0 Å². The van der Waals surface area contributed by atoms with Gasteiger partial charge in [0.05, 0.1) is 6.04 Å². The number of rotatable bonds is 7. The van der Waals surface area contributed by atoms with E-state index in [0.717, 1.165) is 25.8 Å². The molecule has 3 nitrogen and oxygen atoms in total. The van der Waals surface area contributed by atoms with Crippen LogP contribution in [0.15, 0.2) is 0 Å². The molecule has 0 aromatic rings. The molecule has 3 heteroatoms. The van der Waals surface area contributed by atoms with Gasteiger partial charge in [-0.2, -0.15) is 0 Å². The molecule has 0 heterocycles. The Bertz CT molecular complexity index is 226. The molecule has 0 saturated heterocycles. The molecule has 0 spiro atoms. The molecule has 1 aliphatic rings. The standard InChI is InChI=1S/C13H26N2O/c1-4-6-9-15(11-7-8-11)13(16)12(14)10(3)5-2/h10-12H,4-9,14H2,1-3H3. The number of unbranched alkanes of at least 4 members (excludes halogenated alkanes) is 1. The summed E-state index contributed by atoms with van der Waals surface area (Å²) in [7, 11) is 0. The third kappa shape index (κ3) is 3.48. The SMILES string of the molecule is CCCCN(C(=O)C(N)C(C)CC)C1CC1. The van der Waals surface area contributed by atoms with Gasteiger partial charge >= 0.3 is 0 Å². The minimum Gasteiger partial charge on any atom is -0.338 e. The topological polar surface area (TPSA) is 46.3 Å². The predicted molar refractivity (Wildman–Crippen MR) is 67.1 cm³/mol. The van der Waals surface area contributed by atoms with E-state index in [2.05, 4.69) is 20.8 Å². The second-order valence-corrected chi connectivity index (χ2v) is 5.03. The van der Waals surface area contributed by atoms with Gasteiger partial charge in [0.2, 0.25) is 5.91 Å². The van der Waals surface area contributed by atoms with E-state index in [0.29, 0.717) is 6.04 Å². The largest absolute Gasteiger partial charge is 0.338 e. The molecule has 0 aromatic heterocycles. The summed E-state index contributed by atoms with van der Waals surface area (Å²) in [5.74, 6) is 0.459. The van der Waals surface area contributed by atoms with Gasteiger partial charge in [0, 0.05) is 12.6 Å². The maximum Gasteiger partial charge on any atom is 0.240 e. The number of nitrogens with zero attached hydrogens (tertiary/aromatic N) is 1. The Labute approximate surface area is 99.4 Å². The first-order valence-corrected chi connectivity index (χ1v) is 6.67. The fourth-order valence-corrected chi connectivity index (χ4v) is 1.88. The first-order chi connectivity index (χ1) is 7.61. The fourth-order valence-electron chi connectivity index (χ4n) is 1.88. The number of hydrogen-bond donors (Lipinski definition) is 1. The Morgan fingerprint density at radius 3 is 2.50 bits per heavy atom. The molecule has 1 rings (SSSR count). The van der Waals surface area contributed by atoms with Crippen LogP contribution >= 0.6 is 0 Å². The van der Waals surface area contributed by atoms with Crippen LogP contribution in [0.1, 0.15) is 52.9 Å². The average molecular weight is 226 g/mol. The van der Waals surface area contributed by atoms with Gasteiger partial charge in [-0.15, -0.1) is 0 Å². The highest BCUT2D eigenvalue weighted by Gasteiger charge is 2.35. The highest BCUT2D eigenvalue weighted by atomic mass is 16.2. The maximum absolute atomic E-state index is 12.2. The summed E-state index contributed by atoms with van der Waals surface area (Å²) in [5.41, 5.74) is 6.02. The lowest BCUT2D eigenvalue weighted by Crippen LogP contribution is -2.48. The van der Waals surface area contributed by atoms with Gasteiger partial charge in [-0.1, -0.05) is 33.6 Å². The molecule has 16 heavy (non-hydrogen) atoms. The van der Waals surface area contributed by atoms with Gasteiger partial charge < -0.3 is 10.6 Å². The van der Waals surface area contributed by atoms with Gasteiger partial charge in [0.15, 0.2) is 0 Å². The van der Waals surface area contributed by atoms with E-state index in [-0.39, 0.29) is 17.9 Å². The van der Waals surface area contributed by atoms with Gasteiger partial charge in [0.25, 0.3) is 0 Å². The predicted octanol–water partition coefficient (Wildman–Crippen LogP) is 2.15. The molecule has 2 unspecified atom stereocenters. The van der Waals surface area contributed by atoms with Crippen LogP contribution in [0.5, 0.6) is 0 Å². The molecular weight excluding hydrogens is 200 g/mol. The first kappa shape index (κ1) is 13.5. The van der Waals surface area contributed by atoms with E-state index in [9.17, 15) is 4.79 Å². The van der Waals surface area contributed by atoms with E-state index in [1.807, 2.05) is 4.90 Å². The van der Waals surface area contributed by atoms with Crippen molar-refractivity contribution in [2.75, 3.05) is 6.54 Å². The van der Waals surface area contributed by atoms with Gasteiger partial charge in [-0.3, -0.25) is 4.79 Å². The summed E-state index contributed by atoms with van der Waals surface area (Å²) in [6.07, 6.45) is 5.54. The number of hydrogen-bond acceptors (Lipinski definition) is 2. The summed E-state index contributed by atoms with van der Waals surface area (Å²) in [6, 6.07) is 0.191. The molecule has 0 bridgehead atoms. The molecule has 1 aliphatic carbocycles. The van der Waals surface area contributed by atoms with Crippen LogP contribution in [-0.4, -0.2) is 29.4 Å². The summed E-state index contributed by atoms with van der Waals surface area (Å²) >= 11 is 0. The molecule has 1 fully saturated rings. The third-order valence-corrected chi connectivity index (χ3v) is 3.57. The Morgan fingerprint density at radius 1 is 1.44 bits per heavy atom. The second-order valence-electron chi connectivity index (χ2n) is 5.03. The molecule has 94 valence electrons. The number of nitrogens with two attached hydrogens (primary N) is 1. The van der Waals surface area contributed by atoms with Crippen LogP contribution in [0.2, 0.25) is 0 Å². The van der Waals surface area contributed by atoms with Crippen molar-refractivity contribution >= 4 is 5.91 Å². The van der Waals surface area contributed by atoms with Gasteiger partial charge in [0.1, 0.15) is 0 Å². The van der Waals surface area contributed by atoms with Crippen molar-refractivity contribution in [1.82, 2.24) is 4.90 Å². The van der Waals surface area contributed by atoms with Crippen molar-refractivity contribution in [3.63, 3.8) is 0 Å².